The van der Waals surface area contributed by atoms with Crippen LogP contribution < -0.4 is 64.2 Å². The number of rotatable bonds is 41. The summed E-state index contributed by atoms with van der Waals surface area (Å²) >= 11 is 0. The Bertz CT molecular complexity index is 4600. The largest absolute Gasteiger partial charge is 0.508 e. The molecule has 1 heterocycles. The van der Waals surface area contributed by atoms with E-state index in [1.165, 1.54) is 22.6 Å². The molecule has 12 amide bonds. The van der Waals surface area contributed by atoms with Gasteiger partial charge in [-0.1, -0.05) is 96.7 Å². The number of nitrogens with two attached hydrogens (primary N) is 1. The van der Waals surface area contributed by atoms with Crippen LogP contribution in [0.1, 0.15) is 196 Å². The molecule has 0 bridgehead atoms. The summed E-state index contributed by atoms with van der Waals surface area (Å²) < 4.78 is 76.1. The fraction of sp³-hybridized carbons (Fsp3) is 0.627. The number of hydrogen-bond acceptors (Lipinski definition) is 23. The third-order valence-electron chi connectivity index (χ3n) is 25.1. The summed E-state index contributed by atoms with van der Waals surface area (Å²) in [7, 11) is -7.16. The van der Waals surface area contributed by atoms with E-state index in [4.69, 9.17) is 24.3 Å². The minimum Gasteiger partial charge on any atom is -0.508 e. The summed E-state index contributed by atoms with van der Waals surface area (Å²) in [5, 5.41) is 59.4. The number of primary amides is 1. The molecule has 4 aromatic rings. The molecule has 1 aromatic heterocycles. The van der Waals surface area contributed by atoms with E-state index in [-0.39, 0.29) is 87.0 Å². The van der Waals surface area contributed by atoms with Crippen molar-refractivity contribution >= 4 is 96.9 Å². The lowest BCUT2D eigenvalue weighted by Gasteiger charge is -2.56. The first-order chi connectivity index (χ1) is 57.8. The van der Waals surface area contributed by atoms with E-state index in [1.807, 2.05) is 38.1 Å². The summed E-state index contributed by atoms with van der Waals surface area (Å²) in [4.78, 5) is 150. The molecule has 9 rings (SSSR count). The van der Waals surface area contributed by atoms with Crippen molar-refractivity contribution in [2.45, 2.75) is 224 Å². The summed E-state index contributed by atoms with van der Waals surface area (Å²) in [5.74, 6) is -6.72. The van der Waals surface area contributed by atoms with E-state index in [0.717, 1.165) is 74.5 Å². The Morgan fingerprint density at radius 1 is 0.607 bits per heavy atom. The first-order valence-corrected chi connectivity index (χ1v) is 45.3. The Morgan fingerprint density at radius 3 is 1.76 bits per heavy atom. The molecule has 37 nitrogen and oxygen atoms in total. The van der Waals surface area contributed by atoms with Crippen LogP contribution >= 0.6 is 0 Å². The quantitative estimate of drug-likeness (QED) is 0.0171. The molecule has 2 saturated carbocycles. The first kappa shape index (κ1) is 96.1. The SMILES string of the molecule is CN[C@H](CCCCNC(=O)COC1CCCCCc2c1nnn2CCN(CC(=O)NCCS(=O)(=O)O)CC(=O)NCCS(=O)(=O)O)C(=O)N[C@H](C(=O)N[C@@H](CCCNC(N)=O)C(=O)Nc1ccc(COC(=O)N[C@@H](CO)C(=O)Nc2ccc3c(c2)[C@@]2(C)CCC[C@](C)(C(=O)NC(=O)[C@@]4(C)CCC[C@]5(C)c6cc(O)ccc6CC[C@@H]45)[C@@H]2CC3)cc1)C(C)C. The van der Waals surface area contributed by atoms with Crippen molar-refractivity contribution in [3.05, 3.63) is 99.9 Å². The van der Waals surface area contributed by atoms with E-state index < -0.39 is 170 Å². The highest BCUT2D eigenvalue weighted by Crippen LogP contribution is 2.60. The number of aliphatic hydroxyl groups is 1. The van der Waals surface area contributed by atoms with Gasteiger partial charge in [0.25, 0.3) is 20.2 Å². The van der Waals surface area contributed by atoms with Gasteiger partial charge in [0.2, 0.25) is 53.2 Å². The Labute approximate surface area is 711 Å². The summed E-state index contributed by atoms with van der Waals surface area (Å²) in [6, 6.07) is 12.1. The van der Waals surface area contributed by atoms with Gasteiger partial charge in [0.1, 0.15) is 48.9 Å². The molecule has 672 valence electrons. The van der Waals surface area contributed by atoms with Gasteiger partial charge in [-0.05, 0) is 203 Å². The van der Waals surface area contributed by atoms with E-state index in [0.29, 0.717) is 86.1 Å². The molecule has 0 aliphatic heterocycles. The number of nitrogens with zero attached hydrogens (tertiary/aromatic N) is 4. The number of likely N-dealkylation sites (N-methyl/N-ethyl adjacent to an activating group) is 1. The van der Waals surface area contributed by atoms with Gasteiger partial charge in [-0.25, -0.2) is 14.3 Å². The highest BCUT2D eigenvalue weighted by molar-refractivity contribution is 7.86. The fourth-order valence-corrected chi connectivity index (χ4v) is 19.2. The number of aromatic nitrogens is 3. The molecule has 17 N–H and O–H groups in total. The zero-order chi connectivity index (χ0) is 88.9. The van der Waals surface area contributed by atoms with Crippen LogP contribution in [-0.4, -0.2) is 223 Å². The normalized spacial score (nSPS) is 22.1. The Kier molecular flexibility index (Phi) is 33.9. The average molecular weight is 1740 g/mol. The Hall–Kier alpha value is -9.77. The molecule has 0 saturated heterocycles. The number of carbonyl (C=O) groups is 11. The van der Waals surface area contributed by atoms with E-state index in [9.17, 15) is 79.8 Å². The number of amides is 12. The van der Waals surface area contributed by atoms with Crippen molar-refractivity contribution in [2.75, 3.05) is 88.2 Å². The predicted molar refractivity (Wildman–Crippen MR) is 449 cm³/mol. The topological polar surface area (TPSA) is 548 Å². The van der Waals surface area contributed by atoms with Crippen LogP contribution in [-0.2, 0) is 116 Å². The van der Waals surface area contributed by atoms with Crippen molar-refractivity contribution in [2.24, 2.45) is 34.3 Å². The number of hydrogen-bond donors (Lipinski definition) is 16. The van der Waals surface area contributed by atoms with Crippen molar-refractivity contribution < 1.29 is 98.4 Å². The van der Waals surface area contributed by atoms with Crippen LogP contribution in [0, 0.1) is 28.6 Å². The van der Waals surface area contributed by atoms with Crippen LogP contribution in [0.3, 0.4) is 0 Å². The number of ether oxygens (including phenoxy) is 2. The van der Waals surface area contributed by atoms with Crippen LogP contribution in [0.25, 0.3) is 0 Å². The number of phenols is 1. The minimum absolute atomic E-state index is 0.0316. The zero-order valence-electron chi connectivity index (χ0n) is 70.6. The van der Waals surface area contributed by atoms with E-state index >= 15 is 0 Å². The van der Waals surface area contributed by atoms with Gasteiger partial charge in [0, 0.05) is 44.1 Å². The molecule has 39 heteroatoms. The summed E-state index contributed by atoms with van der Waals surface area (Å²) in [6.07, 6.45) is 10.6. The number of aliphatic hydroxyl groups excluding tert-OH is 1. The van der Waals surface area contributed by atoms with Gasteiger partial charge in [-0.2, -0.15) is 16.8 Å². The smallest absolute Gasteiger partial charge is 0.408 e. The van der Waals surface area contributed by atoms with Gasteiger partial charge >= 0.3 is 12.1 Å². The molecule has 5 aliphatic rings. The number of unbranched alkanes of at least 4 members (excludes halogenated alkanes) is 1. The molecule has 0 radical (unpaired) electrons. The van der Waals surface area contributed by atoms with Crippen molar-refractivity contribution in [3.8, 4) is 5.75 Å². The molecule has 122 heavy (non-hydrogen) atoms. The summed E-state index contributed by atoms with van der Waals surface area (Å²) in [6.45, 7) is 9.25. The third kappa shape index (κ3) is 25.9. The molecule has 3 aromatic carbocycles. The van der Waals surface area contributed by atoms with Gasteiger partial charge in [0.15, 0.2) is 0 Å². The minimum atomic E-state index is -4.37. The van der Waals surface area contributed by atoms with Crippen LogP contribution in [0.5, 0.6) is 5.75 Å². The number of imide groups is 1. The predicted octanol–water partition coefficient (Wildman–Crippen LogP) is 3.64. The van der Waals surface area contributed by atoms with Crippen molar-refractivity contribution in [1.82, 2.24) is 67.7 Å². The maximum absolute atomic E-state index is 14.8. The lowest BCUT2D eigenvalue weighted by atomic mass is 9.49. The van der Waals surface area contributed by atoms with Gasteiger partial charge in [-0.15, -0.1) is 5.10 Å². The highest BCUT2D eigenvalue weighted by Gasteiger charge is 2.59. The number of phenolic OH excluding ortho intramolecular Hbond substituents is 1. The van der Waals surface area contributed by atoms with Gasteiger partial charge in [-0.3, -0.25) is 62.5 Å². The molecule has 11 atom stereocenters. The van der Waals surface area contributed by atoms with Gasteiger partial charge < -0.3 is 78.6 Å². The number of nitrogens with one attached hydrogen (secondary N) is 11. The monoisotopic (exact) mass is 1740 g/mol. The molecule has 0 spiro atoms. The number of aromatic hydroxyl groups is 1. The van der Waals surface area contributed by atoms with Crippen LogP contribution in [0.2, 0.25) is 0 Å². The maximum atomic E-state index is 14.8. The molecular formula is C83H122N16O21S2. The molecular weight excluding hydrogens is 1620 g/mol. The number of aryl methyl sites for hydroxylation is 2. The Balaban J connectivity index is 0.712. The first-order valence-electron chi connectivity index (χ1n) is 42.1. The maximum Gasteiger partial charge on any atom is 0.408 e. The number of fused-ring (bicyclic) bond motifs is 7. The van der Waals surface area contributed by atoms with E-state index in [1.54, 1.807) is 49.8 Å². The lowest BCUT2D eigenvalue weighted by molar-refractivity contribution is -0.150. The van der Waals surface area contributed by atoms with Crippen molar-refractivity contribution in [3.63, 3.8) is 0 Å². The van der Waals surface area contributed by atoms with Crippen LogP contribution in [0.4, 0.5) is 21.0 Å². The molecule has 1 unspecified atom stereocenters. The second-order valence-corrected chi connectivity index (χ2v) is 37.3. The number of urea groups is 1. The van der Waals surface area contributed by atoms with E-state index in [2.05, 4.69) is 82.6 Å². The number of carbonyl (C=O) groups excluding carboxylic acids is 11. The highest BCUT2D eigenvalue weighted by atomic mass is 32.2. The third-order valence-corrected chi connectivity index (χ3v) is 26.5. The number of alkyl carbamates (subject to hydrolysis) is 1. The van der Waals surface area contributed by atoms with Crippen LogP contribution in [0.15, 0.2) is 60.7 Å². The number of benzene rings is 3. The number of anilines is 2. The molecule has 5 aliphatic carbocycles. The second kappa shape index (κ2) is 43.0. The zero-order valence-corrected chi connectivity index (χ0v) is 72.3. The Morgan fingerprint density at radius 2 is 1.17 bits per heavy atom. The molecule has 2 fully saturated rings. The standard InChI is InChI=1S/C83H122N16O21S2/c1-51(2)70(94-72(105)60(85-7)16-11-12-36-86-69(104)50-119-64-19-10-8-9-18-63-71(64)96-97-99(63)41-40-98(46-67(102)87-38-42-121(113,114)115)47-68(103)88-39-43-122(116,117)118)75(108)92-61(17-13-37-89-78(84)111)73(106)90-55-26-20-52(21-27-55)49-120-79(112)93-62(48-100)74(107)91-56-28-22-53-24-30-65-80(3,58(53)44-56)32-14-34-82(65,5)76(109)95-77(110)83(6)35-15-33-81(4)59-45-57(101)29-23-54(59)25-31-66(81)83/h20-23,26-29,44-45,51,60-62,64-66,70,85,100-101H,8-19,24-25,30-43,46-50H2,1-7H3,(H,86,104)(H,87,102)(H,88,103)(H,90,106)(H,91,107)(H,92,108)(H,93,112)(H,94,105)(H3,84,89,111)(H,95,109,110)(H,113,114,115)(H,116,117,118)/t60-,61+,62+,64?,65-,66-,70+,80-,81-,82+,83+/m1/s1. The lowest BCUT2D eigenvalue weighted by Crippen LogP contribution is -2.60. The fourth-order valence-electron chi connectivity index (χ4n) is 18.5. The average Bonchev–Trinajstić information content (AvgIpc) is 0.764. The van der Waals surface area contributed by atoms with Crippen molar-refractivity contribution in [1.29, 1.82) is 0 Å². The van der Waals surface area contributed by atoms with Gasteiger partial charge in [0.05, 0.1) is 60.3 Å². The second-order valence-electron chi connectivity index (χ2n) is 34.1. The summed E-state index contributed by atoms with van der Waals surface area (Å²) in [5.41, 5.74) is 9.48.